The van der Waals surface area contributed by atoms with E-state index in [1.807, 2.05) is 23.6 Å². The smallest absolute Gasteiger partial charge is 0.191 e. The van der Waals surface area contributed by atoms with Crippen LogP contribution in [0.25, 0.3) is 0 Å². The van der Waals surface area contributed by atoms with E-state index in [-0.39, 0.29) is 11.9 Å². The summed E-state index contributed by atoms with van der Waals surface area (Å²) in [7, 11) is 0. The van der Waals surface area contributed by atoms with Gasteiger partial charge in [-0.25, -0.2) is 4.39 Å². The third kappa shape index (κ3) is 5.07. The molecule has 1 heterocycles. The van der Waals surface area contributed by atoms with Gasteiger partial charge in [0.2, 0.25) is 0 Å². The van der Waals surface area contributed by atoms with Gasteiger partial charge in [-0.1, -0.05) is 47.1 Å². The Bertz CT molecular complexity index is 963. The summed E-state index contributed by atoms with van der Waals surface area (Å²) in [5.74, 6) is 1.59. The molecule has 1 atom stereocenters. The lowest BCUT2D eigenvalue weighted by Crippen LogP contribution is -2.12. The molecule has 0 amide bonds. The van der Waals surface area contributed by atoms with Crippen LogP contribution in [0.4, 0.5) is 4.39 Å². The number of rotatable bonds is 8. The molecule has 1 aromatic heterocycles. The van der Waals surface area contributed by atoms with Crippen LogP contribution in [0, 0.1) is 5.82 Å². The third-order valence-electron chi connectivity index (χ3n) is 3.90. The standard InChI is InChI=1S/C20H18Cl2FN3OS/c1-3-10-26-19(13(2)27-16-7-5-15(23)6-8-16)24-25-20(26)28-12-14-4-9-17(21)18(22)11-14/h3-9,11,13H,1,10,12H2,2H3. The van der Waals surface area contributed by atoms with Crippen molar-refractivity contribution in [3.8, 4) is 5.75 Å². The molecule has 0 fully saturated rings. The van der Waals surface area contributed by atoms with Crippen molar-refractivity contribution in [2.75, 3.05) is 0 Å². The summed E-state index contributed by atoms with van der Waals surface area (Å²) in [6, 6.07) is 11.4. The van der Waals surface area contributed by atoms with Gasteiger partial charge in [0.05, 0.1) is 10.0 Å². The maximum absolute atomic E-state index is 13.1. The van der Waals surface area contributed by atoms with Crippen LogP contribution in [0.3, 0.4) is 0 Å². The molecule has 1 unspecified atom stereocenters. The molecule has 0 saturated carbocycles. The van der Waals surface area contributed by atoms with E-state index in [1.54, 1.807) is 24.3 Å². The molecule has 0 saturated heterocycles. The number of halogens is 3. The molecule has 0 N–H and O–H groups in total. The molecule has 3 aromatic rings. The second-order valence-corrected chi connectivity index (χ2v) is 7.75. The van der Waals surface area contributed by atoms with Crippen molar-refractivity contribution < 1.29 is 9.13 Å². The Labute approximate surface area is 177 Å². The Morgan fingerprint density at radius 3 is 2.61 bits per heavy atom. The van der Waals surface area contributed by atoms with Crippen molar-refractivity contribution in [1.29, 1.82) is 0 Å². The summed E-state index contributed by atoms with van der Waals surface area (Å²) < 4.78 is 20.9. The molecule has 4 nitrogen and oxygen atoms in total. The number of aromatic nitrogens is 3. The summed E-state index contributed by atoms with van der Waals surface area (Å²) in [5.41, 5.74) is 1.03. The van der Waals surface area contributed by atoms with Gasteiger partial charge < -0.3 is 4.74 Å². The lowest BCUT2D eigenvalue weighted by Gasteiger charge is -2.15. The van der Waals surface area contributed by atoms with E-state index < -0.39 is 0 Å². The van der Waals surface area contributed by atoms with E-state index >= 15 is 0 Å². The predicted molar refractivity (Wildman–Crippen MR) is 112 cm³/mol. The summed E-state index contributed by atoms with van der Waals surface area (Å²) in [6.45, 7) is 6.23. The maximum Gasteiger partial charge on any atom is 0.191 e. The molecule has 0 bridgehead atoms. The molecule has 146 valence electrons. The van der Waals surface area contributed by atoms with Crippen LogP contribution in [0.5, 0.6) is 5.75 Å². The summed E-state index contributed by atoms with van der Waals surface area (Å²) in [4.78, 5) is 0. The fourth-order valence-corrected chi connectivity index (χ4v) is 3.77. The lowest BCUT2D eigenvalue weighted by atomic mass is 10.2. The Kier molecular flexibility index (Phi) is 6.99. The van der Waals surface area contributed by atoms with Crippen molar-refractivity contribution in [3.05, 3.63) is 82.4 Å². The molecule has 0 aliphatic carbocycles. The topological polar surface area (TPSA) is 39.9 Å². The van der Waals surface area contributed by atoms with Gasteiger partial charge in [0, 0.05) is 12.3 Å². The Morgan fingerprint density at radius 1 is 1.18 bits per heavy atom. The fourth-order valence-electron chi connectivity index (χ4n) is 2.56. The normalized spacial score (nSPS) is 12.0. The van der Waals surface area contributed by atoms with Gasteiger partial charge in [0.25, 0.3) is 0 Å². The van der Waals surface area contributed by atoms with Crippen LogP contribution in [0.2, 0.25) is 10.0 Å². The van der Waals surface area contributed by atoms with E-state index in [4.69, 9.17) is 27.9 Å². The van der Waals surface area contributed by atoms with Crippen molar-refractivity contribution in [2.24, 2.45) is 0 Å². The average Bonchev–Trinajstić information content (AvgIpc) is 3.08. The quantitative estimate of drug-likeness (QED) is 0.304. The largest absolute Gasteiger partial charge is 0.483 e. The molecule has 8 heteroatoms. The van der Waals surface area contributed by atoms with E-state index in [0.29, 0.717) is 33.9 Å². The molecule has 0 aliphatic heterocycles. The summed E-state index contributed by atoms with van der Waals surface area (Å²) in [6.07, 6.45) is 1.41. The van der Waals surface area contributed by atoms with E-state index in [1.165, 1.54) is 23.9 Å². The number of ether oxygens (including phenoxy) is 1. The summed E-state index contributed by atoms with van der Waals surface area (Å²) >= 11 is 13.6. The Hall–Kier alpha value is -2.02. The van der Waals surface area contributed by atoms with E-state index in [9.17, 15) is 4.39 Å². The average molecular weight is 438 g/mol. The number of hydrogen-bond acceptors (Lipinski definition) is 4. The third-order valence-corrected chi connectivity index (χ3v) is 5.68. The number of allylic oxidation sites excluding steroid dienone is 1. The summed E-state index contributed by atoms with van der Waals surface area (Å²) in [5, 5.41) is 10.4. The number of thioether (sulfide) groups is 1. The monoisotopic (exact) mass is 437 g/mol. The van der Waals surface area contributed by atoms with Gasteiger partial charge in [0.15, 0.2) is 17.1 Å². The predicted octanol–water partition coefficient (Wildman–Crippen LogP) is 6.34. The van der Waals surface area contributed by atoms with Crippen LogP contribution in [-0.2, 0) is 12.3 Å². The van der Waals surface area contributed by atoms with Crippen molar-refractivity contribution in [2.45, 2.75) is 30.5 Å². The van der Waals surface area contributed by atoms with Crippen molar-refractivity contribution in [1.82, 2.24) is 14.8 Å². The second kappa shape index (κ2) is 9.45. The highest BCUT2D eigenvalue weighted by molar-refractivity contribution is 7.98. The first-order valence-electron chi connectivity index (χ1n) is 8.51. The molecular formula is C20H18Cl2FN3OS. The first-order valence-corrected chi connectivity index (χ1v) is 10.2. The van der Waals surface area contributed by atoms with Crippen molar-refractivity contribution in [3.63, 3.8) is 0 Å². The first kappa shape index (κ1) is 20.7. The molecule has 3 rings (SSSR count). The number of benzene rings is 2. The van der Waals surface area contributed by atoms with Crippen molar-refractivity contribution >= 4 is 35.0 Å². The van der Waals surface area contributed by atoms with Crippen LogP contribution >= 0.6 is 35.0 Å². The van der Waals surface area contributed by atoms with Crippen LogP contribution in [-0.4, -0.2) is 14.8 Å². The van der Waals surface area contributed by atoms with Crippen LogP contribution in [0.1, 0.15) is 24.4 Å². The van der Waals surface area contributed by atoms with Gasteiger partial charge in [-0.2, -0.15) is 0 Å². The minimum atomic E-state index is -0.364. The van der Waals surface area contributed by atoms with Gasteiger partial charge in [-0.15, -0.1) is 16.8 Å². The maximum atomic E-state index is 13.1. The fraction of sp³-hybridized carbons (Fsp3) is 0.200. The Balaban J connectivity index is 1.75. The highest BCUT2D eigenvalue weighted by atomic mass is 35.5. The minimum absolute atomic E-state index is 0.309. The highest BCUT2D eigenvalue weighted by Gasteiger charge is 2.19. The minimum Gasteiger partial charge on any atom is -0.483 e. The highest BCUT2D eigenvalue weighted by Crippen LogP contribution is 2.29. The molecule has 0 radical (unpaired) electrons. The van der Waals surface area contributed by atoms with Gasteiger partial charge >= 0.3 is 0 Å². The number of hydrogen-bond donors (Lipinski definition) is 0. The zero-order chi connectivity index (χ0) is 20.1. The first-order chi connectivity index (χ1) is 13.5. The molecule has 2 aromatic carbocycles. The SMILES string of the molecule is C=CCn1c(SCc2ccc(Cl)c(Cl)c2)nnc1C(C)Oc1ccc(F)cc1. The molecule has 28 heavy (non-hydrogen) atoms. The van der Waals surface area contributed by atoms with Gasteiger partial charge in [-0.05, 0) is 48.9 Å². The zero-order valence-electron chi connectivity index (χ0n) is 15.1. The molecule has 0 spiro atoms. The number of nitrogens with zero attached hydrogens (tertiary/aromatic N) is 3. The molecule has 0 aliphatic rings. The lowest BCUT2D eigenvalue weighted by molar-refractivity contribution is 0.210. The molecular weight excluding hydrogens is 420 g/mol. The second-order valence-electron chi connectivity index (χ2n) is 5.99. The van der Waals surface area contributed by atoms with Crippen LogP contribution < -0.4 is 4.74 Å². The van der Waals surface area contributed by atoms with E-state index in [2.05, 4.69) is 16.8 Å². The van der Waals surface area contributed by atoms with Crippen LogP contribution in [0.15, 0.2) is 60.3 Å². The van der Waals surface area contributed by atoms with Gasteiger partial charge in [0.1, 0.15) is 11.6 Å². The van der Waals surface area contributed by atoms with Gasteiger partial charge in [-0.3, -0.25) is 4.57 Å². The van der Waals surface area contributed by atoms with E-state index in [0.717, 1.165) is 10.7 Å². The Morgan fingerprint density at radius 2 is 1.93 bits per heavy atom. The zero-order valence-corrected chi connectivity index (χ0v) is 17.4.